The normalized spacial score (nSPS) is 12.2. The summed E-state index contributed by atoms with van der Waals surface area (Å²) in [6.07, 6.45) is 18.5. The second-order valence-corrected chi connectivity index (χ2v) is 7.70. The fourth-order valence-corrected chi connectivity index (χ4v) is 3.47. The van der Waals surface area contributed by atoms with Crippen LogP contribution in [0.15, 0.2) is 0 Å². The zero-order valence-corrected chi connectivity index (χ0v) is 18.4. The third-order valence-corrected chi connectivity index (χ3v) is 5.18. The van der Waals surface area contributed by atoms with E-state index in [-0.39, 0.29) is 31.3 Å². The molecule has 0 aliphatic heterocycles. The molecule has 1 unspecified atom stereocenters. The summed E-state index contributed by atoms with van der Waals surface area (Å²) >= 11 is 0. The van der Waals surface area contributed by atoms with Gasteiger partial charge in [0.25, 0.3) is 0 Å². The van der Waals surface area contributed by atoms with Crippen LogP contribution in [0.3, 0.4) is 0 Å². The number of rotatable bonds is 19. The number of carboxylic acids is 1. The van der Waals surface area contributed by atoms with E-state index in [9.17, 15) is 9.90 Å². The van der Waals surface area contributed by atoms with Gasteiger partial charge in [-0.15, -0.1) is 0 Å². The van der Waals surface area contributed by atoms with Gasteiger partial charge < -0.3 is 14.8 Å². The summed E-state index contributed by atoms with van der Waals surface area (Å²) in [4.78, 5) is 13.3. The molecule has 0 aliphatic rings. The van der Waals surface area contributed by atoms with Gasteiger partial charge in [0.2, 0.25) is 0 Å². The molecule has 0 heterocycles. The summed E-state index contributed by atoms with van der Waals surface area (Å²) in [6.45, 7) is 8.62. The van der Waals surface area contributed by atoms with Crippen molar-refractivity contribution in [2.45, 2.75) is 123 Å². The number of hydrogen-bond acceptors (Lipinski definition) is 3. The van der Waals surface area contributed by atoms with Crippen LogP contribution in [0.25, 0.3) is 0 Å². The second-order valence-electron chi connectivity index (χ2n) is 7.70. The number of hydrogen-bond donors (Lipinski definition) is 0. The van der Waals surface area contributed by atoms with Crippen LogP contribution in [0.1, 0.15) is 117 Å². The fourth-order valence-electron chi connectivity index (χ4n) is 3.47. The van der Waals surface area contributed by atoms with Crippen molar-refractivity contribution in [1.82, 2.24) is 4.90 Å². The van der Waals surface area contributed by atoms with Gasteiger partial charge in [-0.25, -0.2) is 0 Å². The van der Waals surface area contributed by atoms with E-state index >= 15 is 0 Å². The molecule has 1 atom stereocenters. The SMILES string of the molecule is CCCCCCCCCN(CCCCCCCCC)C(C)CC(=O)[O-].[Li+]. The van der Waals surface area contributed by atoms with Crippen LogP contribution in [0.4, 0.5) is 0 Å². The van der Waals surface area contributed by atoms with Gasteiger partial charge >= 0.3 is 18.9 Å². The Morgan fingerprint density at radius 3 is 1.42 bits per heavy atom. The van der Waals surface area contributed by atoms with Gasteiger partial charge in [0.05, 0.1) is 0 Å². The van der Waals surface area contributed by atoms with E-state index in [0.717, 1.165) is 13.1 Å². The Morgan fingerprint density at radius 1 is 0.731 bits per heavy atom. The first kappa shape index (κ1) is 28.2. The molecule has 0 bridgehead atoms. The standard InChI is InChI=1S/C22H45NO2.Li/c1-4-6-8-10-12-14-16-18-23(21(3)20-22(24)25)19-17-15-13-11-9-7-5-2;/h21H,4-20H2,1-3H3,(H,24,25);/q;+1/p-1. The first-order valence-electron chi connectivity index (χ1n) is 11.1. The van der Waals surface area contributed by atoms with Gasteiger partial charge in [-0.2, -0.15) is 0 Å². The maximum atomic E-state index is 10.9. The molecule has 3 nitrogen and oxygen atoms in total. The van der Waals surface area contributed by atoms with Crippen LogP contribution < -0.4 is 24.0 Å². The minimum atomic E-state index is -0.920. The van der Waals surface area contributed by atoms with E-state index in [1.165, 1.54) is 89.9 Å². The third kappa shape index (κ3) is 18.8. The number of carbonyl (C=O) groups excluding carboxylic acids is 1. The Bertz CT molecular complexity index is 282. The van der Waals surface area contributed by atoms with E-state index < -0.39 is 5.97 Å². The zero-order chi connectivity index (χ0) is 18.8. The monoisotopic (exact) mass is 361 g/mol. The number of carbonyl (C=O) groups is 1. The van der Waals surface area contributed by atoms with Crippen molar-refractivity contribution in [1.29, 1.82) is 0 Å². The zero-order valence-electron chi connectivity index (χ0n) is 18.4. The summed E-state index contributed by atoms with van der Waals surface area (Å²) in [5, 5.41) is 10.9. The first-order chi connectivity index (χ1) is 12.1. The number of aliphatic carboxylic acids is 1. The van der Waals surface area contributed by atoms with Crippen molar-refractivity contribution in [2.24, 2.45) is 0 Å². The Morgan fingerprint density at radius 2 is 1.08 bits per heavy atom. The summed E-state index contributed by atoms with van der Waals surface area (Å²) in [5.74, 6) is -0.920. The van der Waals surface area contributed by atoms with Gasteiger partial charge in [0.15, 0.2) is 0 Å². The van der Waals surface area contributed by atoms with Gasteiger partial charge in [0.1, 0.15) is 0 Å². The molecule has 4 heteroatoms. The Kier molecular flexibility index (Phi) is 23.2. The van der Waals surface area contributed by atoms with Crippen molar-refractivity contribution in [2.75, 3.05) is 13.1 Å². The maximum absolute atomic E-state index is 10.9. The van der Waals surface area contributed by atoms with Crippen LogP contribution in [-0.4, -0.2) is 30.0 Å². The third-order valence-electron chi connectivity index (χ3n) is 5.18. The van der Waals surface area contributed by atoms with Crippen molar-refractivity contribution in [3.05, 3.63) is 0 Å². The molecule has 0 rings (SSSR count). The summed E-state index contributed by atoms with van der Waals surface area (Å²) in [6, 6.07) is 0.102. The van der Waals surface area contributed by atoms with Crippen LogP contribution in [-0.2, 0) is 4.79 Å². The molecular weight excluding hydrogens is 317 g/mol. The Hall–Kier alpha value is 0.0274. The van der Waals surface area contributed by atoms with E-state index in [4.69, 9.17) is 0 Å². The average molecular weight is 362 g/mol. The predicted molar refractivity (Wildman–Crippen MR) is 107 cm³/mol. The van der Waals surface area contributed by atoms with E-state index in [1.807, 2.05) is 6.92 Å². The van der Waals surface area contributed by atoms with Crippen LogP contribution in [0.2, 0.25) is 0 Å². The van der Waals surface area contributed by atoms with E-state index in [2.05, 4.69) is 18.7 Å². The summed E-state index contributed by atoms with van der Waals surface area (Å²) in [5.41, 5.74) is 0. The minimum absolute atomic E-state index is 0. The quantitative estimate of drug-likeness (QED) is 0.262. The molecule has 0 amide bonds. The molecule has 0 saturated carbocycles. The van der Waals surface area contributed by atoms with Crippen molar-refractivity contribution in [3.8, 4) is 0 Å². The van der Waals surface area contributed by atoms with Crippen LogP contribution >= 0.6 is 0 Å². The Labute approximate surface area is 175 Å². The molecule has 0 N–H and O–H groups in total. The number of nitrogens with zero attached hydrogens (tertiary/aromatic N) is 1. The van der Waals surface area contributed by atoms with Crippen molar-refractivity contribution in [3.63, 3.8) is 0 Å². The van der Waals surface area contributed by atoms with Gasteiger partial charge in [-0.1, -0.05) is 90.9 Å². The molecular formula is C22H44LiNO2. The van der Waals surface area contributed by atoms with E-state index in [0.29, 0.717) is 0 Å². The molecule has 26 heavy (non-hydrogen) atoms. The smallest absolute Gasteiger partial charge is 0.550 e. The second kappa shape index (κ2) is 21.3. The molecule has 0 aromatic rings. The molecule has 0 aromatic carbocycles. The summed E-state index contributed by atoms with van der Waals surface area (Å²) in [7, 11) is 0. The van der Waals surface area contributed by atoms with E-state index in [1.54, 1.807) is 0 Å². The minimum Gasteiger partial charge on any atom is -0.550 e. The molecule has 0 aliphatic carbocycles. The topological polar surface area (TPSA) is 43.4 Å². The first-order valence-corrected chi connectivity index (χ1v) is 11.1. The molecule has 0 spiro atoms. The predicted octanol–water partition coefficient (Wildman–Crippen LogP) is 2.32. The largest absolute Gasteiger partial charge is 1.00 e. The molecule has 150 valence electrons. The summed E-state index contributed by atoms with van der Waals surface area (Å²) < 4.78 is 0. The van der Waals surface area contributed by atoms with Gasteiger partial charge in [-0.3, -0.25) is 0 Å². The number of unbranched alkanes of at least 4 members (excludes halogenated alkanes) is 12. The van der Waals surface area contributed by atoms with Crippen LogP contribution in [0, 0.1) is 0 Å². The molecule has 0 fully saturated rings. The molecule has 0 aromatic heterocycles. The average Bonchev–Trinajstić information content (AvgIpc) is 2.57. The van der Waals surface area contributed by atoms with Gasteiger partial charge in [0, 0.05) is 18.4 Å². The van der Waals surface area contributed by atoms with Crippen LogP contribution in [0.5, 0.6) is 0 Å². The van der Waals surface area contributed by atoms with Crippen molar-refractivity contribution < 1.29 is 28.8 Å². The fraction of sp³-hybridized carbons (Fsp3) is 0.955. The maximum Gasteiger partial charge on any atom is 1.00 e. The van der Waals surface area contributed by atoms with Crippen molar-refractivity contribution >= 4 is 5.97 Å². The number of carboxylic acid groups (broad SMARTS) is 1. The molecule has 0 radical (unpaired) electrons. The Balaban J connectivity index is 0. The molecule has 0 saturated heterocycles. The van der Waals surface area contributed by atoms with Gasteiger partial charge in [-0.05, 0) is 32.9 Å².